The largest absolute Gasteiger partial charge is 0.356 e. The van der Waals surface area contributed by atoms with Crippen LogP contribution in [-0.4, -0.2) is 19.0 Å². The molecule has 0 aromatic heterocycles. The van der Waals surface area contributed by atoms with Crippen LogP contribution in [0.2, 0.25) is 0 Å². The van der Waals surface area contributed by atoms with Crippen molar-refractivity contribution < 1.29 is 4.79 Å². The molecule has 0 aliphatic heterocycles. The van der Waals surface area contributed by atoms with Gasteiger partial charge in [-0.25, -0.2) is 0 Å². The van der Waals surface area contributed by atoms with Crippen molar-refractivity contribution in [2.45, 2.75) is 26.3 Å². The van der Waals surface area contributed by atoms with Gasteiger partial charge in [0.25, 0.3) is 0 Å². The number of hydrogen-bond donors (Lipinski definition) is 2. The van der Waals surface area contributed by atoms with Gasteiger partial charge in [-0.2, -0.15) is 0 Å². The highest BCUT2D eigenvalue weighted by atomic mass is 16.1. The van der Waals surface area contributed by atoms with Crippen molar-refractivity contribution in [2.75, 3.05) is 13.1 Å². The highest BCUT2D eigenvalue weighted by Gasteiger charge is 1.98. The summed E-state index contributed by atoms with van der Waals surface area (Å²) in [5.74, 6) is 0.127. The van der Waals surface area contributed by atoms with E-state index in [9.17, 15) is 4.79 Å². The molecule has 0 saturated carbocycles. The fourth-order valence-electron chi connectivity index (χ4n) is 1.38. The zero-order valence-electron chi connectivity index (χ0n) is 9.83. The maximum Gasteiger partial charge on any atom is 0.221 e. The first kappa shape index (κ1) is 12.7. The molecule has 0 spiro atoms. The van der Waals surface area contributed by atoms with Gasteiger partial charge in [-0.3, -0.25) is 4.79 Å². The summed E-state index contributed by atoms with van der Waals surface area (Å²) >= 11 is 0. The first-order chi connectivity index (χ1) is 7.83. The van der Waals surface area contributed by atoms with E-state index in [2.05, 4.69) is 22.8 Å². The maximum absolute atomic E-state index is 11.3. The Labute approximate surface area is 97.2 Å². The third-order valence-corrected chi connectivity index (χ3v) is 2.27. The second kappa shape index (κ2) is 7.88. The topological polar surface area (TPSA) is 41.1 Å². The Morgan fingerprint density at radius 3 is 2.62 bits per heavy atom. The third-order valence-electron chi connectivity index (χ3n) is 2.27. The lowest BCUT2D eigenvalue weighted by Gasteiger charge is -2.05. The van der Waals surface area contributed by atoms with Crippen LogP contribution in [-0.2, 0) is 11.3 Å². The number of benzene rings is 1. The molecule has 0 aliphatic rings. The first-order valence-electron chi connectivity index (χ1n) is 5.84. The van der Waals surface area contributed by atoms with Gasteiger partial charge in [0.05, 0.1) is 0 Å². The van der Waals surface area contributed by atoms with E-state index >= 15 is 0 Å². The molecule has 0 bridgehead atoms. The number of carbonyl (C=O) groups excluding carboxylic acids is 1. The summed E-state index contributed by atoms with van der Waals surface area (Å²) in [6.45, 7) is 4.37. The van der Waals surface area contributed by atoms with Gasteiger partial charge in [-0.15, -0.1) is 0 Å². The van der Waals surface area contributed by atoms with Crippen molar-refractivity contribution in [3.63, 3.8) is 0 Å². The van der Waals surface area contributed by atoms with Gasteiger partial charge in [0.2, 0.25) is 5.91 Å². The van der Waals surface area contributed by atoms with Crippen LogP contribution < -0.4 is 10.6 Å². The Morgan fingerprint density at radius 2 is 1.94 bits per heavy atom. The second-order valence-corrected chi connectivity index (χ2v) is 3.76. The van der Waals surface area contributed by atoms with Crippen molar-refractivity contribution in [1.29, 1.82) is 0 Å². The number of hydrogen-bond acceptors (Lipinski definition) is 2. The predicted octanol–water partition coefficient (Wildman–Crippen LogP) is 1.69. The van der Waals surface area contributed by atoms with E-state index in [1.807, 2.05) is 25.1 Å². The zero-order valence-corrected chi connectivity index (χ0v) is 9.83. The molecule has 0 aliphatic carbocycles. The van der Waals surface area contributed by atoms with Crippen LogP contribution in [0.15, 0.2) is 30.3 Å². The molecule has 1 aromatic carbocycles. The average molecular weight is 220 g/mol. The van der Waals surface area contributed by atoms with Gasteiger partial charge in [0.15, 0.2) is 0 Å². The molecule has 1 amide bonds. The third kappa shape index (κ3) is 5.51. The summed E-state index contributed by atoms with van der Waals surface area (Å²) in [4.78, 5) is 11.3. The molecule has 0 heterocycles. The van der Waals surface area contributed by atoms with Crippen molar-refractivity contribution in [1.82, 2.24) is 10.6 Å². The molecular formula is C13H20N2O. The molecule has 0 fully saturated rings. The molecule has 3 heteroatoms. The van der Waals surface area contributed by atoms with Crippen molar-refractivity contribution >= 4 is 5.91 Å². The quantitative estimate of drug-likeness (QED) is 0.687. The minimum absolute atomic E-state index is 0.127. The summed E-state index contributed by atoms with van der Waals surface area (Å²) in [6.07, 6.45) is 1.54. The number of carbonyl (C=O) groups is 1. The van der Waals surface area contributed by atoms with Gasteiger partial charge in [-0.1, -0.05) is 37.3 Å². The Hall–Kier alpha value is -1.35. The lowest BCUT2D eigenvalue weighted by atomic mass is 10.2. The number of nitrogens with one attached hydrogen (secondary N) is 2. The van der Waals surface area contributed by atoms with Crippen LogP contribution >= 0.6 is 0 Å². The summed E-state index contributed by atoms with van der Waals surface area (Å²) in [7, 11) is 0. The summed E-state index contributed by atoms with van der Waals surface area (Å²) in [5.41, 5.74) is 1.25. The molecule has 1 aromatic rings. The molecule has 2 N–H and O–H groups in total. The van der Waals surface area contributed by atoms with Crippen molar-refractivity contribution in [3.8, 4) is 0 Å². The lowest BCUT2D eigenvalue weighted by Crippen LogP contribution is -2.27. The highest BCUT2D eigenvalue weighted by Crippen LogP contribution is 1.96. The molecule has 0 saturated heterocycles. The fourth-order valence-corrected chi connectivity index (χ4v) is 1.38. The fraction of sp³-hybridized carbons (Fsp3) is 0.462. The van der Waals surface area contributed by atoms with Crippen LogP contribution in [0.5, 0.6) is 0 Å². The zero-order chi connectivity index (χ0) is 11.6. The van der Waals surface area contributed by atoms with E-state index < -0.39 is 0 Å². The molecular weight excluding hydrogens is 200 g/mol. The van der Waals surface area contributed by atoms with Crippen LogP contribution in [0.1, 0.15) is 25.3 Å². The van der Waals surface area contributed by atoms with Crippen LogP contribution in [0.4, 0.5) is 0 Å². The molecule has 16 heavy (non-hydrogen) atoms. The number of amides is 1. The highest BCUT2D eigenvalue weighted by molar-refractivity contribution is 5.75. The van der Waals surface area contributed by atoms with E-state index in [0.29, 0.717) is 6.42 Å². The molecule has 0 atom stereocenters. The van der Waals surface area contributed by atoms with Gasteiger partial charge in [0, 0.05) is 26.1 Å². The molecule has 1 rings (SSSR count). The second-order valence-electron chi connectivity index (χ2n) is 3.76. The summed E-state index contributed by atoms with van der Waals surface area (Å²) < 4.78 is 0. The Morgan fingerprint density at radius 1 is 1.19 bits per heavy atom. The molecule has 88 valence electrons. The smallest absolute Gasteiger partial charge is 0.221 e. The lowest BCUT2D eigenvalue weighted by molar-refractivity contribution is -0.120. The van der Waals surface area contributed by atoms with Gasteiger partial charge >= 0.3 is 0 Å². The monoisotopic (exact) mass is 220 g/mol. The molecule has 3 nitrogen and oxygen atoms in total. The molecule has 0 unspecified atom stereocenters. The SMILES string of the molecule is CCCNC(=O)CCNCc1ccccc1. The normalized spacial score (nSPS) is 10.1. The predicted molar refractivity (Wildman–Crippen MR) is 66.1 cm³/mol. The van der Waals surface area contributed by atoms with Crippen molar-refractivity contribution in [2.24, 2.45) is 0 Å². The Kier molecular flexibility index (Phi) is 6.26. The standard InChI is InChI=1S/C13H20N2O/c1-2-9-15-13(16)8-10-14-11-12-6-4-3-5-7-12/h3-7,14H,2,8-11H2,1H3,(H,15,16). The summed E-state index contributed by atoms with van der Waals surface area (Å²) in [5, 5.41) is 6.10. The first-order valence-corrected chi connectivity index (χ1v) is 5.84. The van der Waals surface area contributed by atoms with Gasteiger partial charge in [-0.05, 0) is 12.0 Å². The Balaban J connectivity index is 2.06. The van der Waals surface area contributed by atoms with Crippen LogP contribution in [0.25, 0.3) is 0 Å². The van der Waals surface area contributed by atoms with E-state index in [-0.39, 0.29) is 5.91 Å². The number of rotatable bonds is 7. The molecule has 0 radical (unpaired) electrons. The summed E-state index contributed by atoms with van der Waals surface area (Å²) in [6, 6.07) is 10.2. The van der Waals surface area contributed by atoms with E-state index in [1.165, 1.54) is 5.56 Å². The van der Waals surface area contributed by atoms with Gasteiger partial charge < -0.3 is 10.6 Å². The minimum Gasteiger partial charge on any atom is -0.356 e. The minimum atomic E-state index is 0.127. The van der Waals surface area contributed by atoms with E-state index in [1.54, 1.807) is 0 Å². The Bertz CT molecular complexity index is 298. The van der Waals surface area contributed by atoms with E-state index in [0.717, 1.165) is 26.1 Å². The van der Waals surface area contributed by atoms with Crippen molar-refractivity contribution in [3.05, 3.63) is 35.9 Å². The average Bonchev–Trinajstić information content (AvgIpc) is 2.33. The van der Waals surface area contributed by atoms with Crippen LogP contribution in [0.3, 0.4) is 0 Å². The van der Waals surface area contributed by atoms with Gasteiger partial charge in [0.1, 0.15) is 0 Å². The van der Waals surface area contributed by atoms with Crippen LogP contribution in [0, 0.1) is 0 Å². The maximum atomic E-state index is 11.3. The van der Waals surface area contributed by atoms with E-state index in [4.69, 9.17) is 0 Å².